The number of imide groups is 1. The van der Waals surface area contributed by atoms with E-state index >= 15 is 0 Å². The van der Waals surface area contributed by atoms with E-state index in [1.165, 1.54) is 7.05 Å². The van der Waals surface area contributed by atoms with Crippen LogP contribution in [-0.4, -0.2) is 41.3 Å². The number of nitrogens with one attached hydrogen (secondary N) is 2. The van der Waals surface area contributed by atoms with Gasteiger partial charge < -0.3 is 10.6 Å². The van der Waals surface area contributed by atoms with Crippen LogP contribution in [0.1, 0.15) is 19.8 Å². The van der Waals surface area contributed by atoms with Gasteiger partial charge in [0.15, 0.2) is 0 Å². The van der Waals surface area contributed by atoms with Gasteiger partial charge in [0, 0.05) is 13.6 Å². The minimum Gasteiger partial charge on any atom is -0.384 e. The lowest BCUT2D eigenvalue weighted by atomic mass is 10.2. The summed E-state index contributed by atoms with van der Waals surface area (Å²) in [7, 11) is 1.50. The molecule has 2 N–H and O–H groups in total. The van der Waals surface area contributed by atoms with Crippen LogP contribution in [0.2, 0.25) is 0 Å². The highest BCUT2D eigenvalue weighted by Crippen LogP contribution is 2.19. The second-order valence-electron chi connectivity index (χ2n) is 4.58. The van der Waals surface area contributed by atoms with E-state index < -0.39 is 6.04 Å². The minimum absolute atomic E-state index is 0.157. The van der Waals surface area contributed by atoms with E-state index in [9.17, 15) is 9.59 Å². The number of carbonyl (C=O) groups excluding carboxylic acids is 2. The van der Waals surface area contributed by atoms with Crippen molar-refractivity contribution in [2.75, 3.05) is 24.2 Å². The molecule has 2 rings (SSSR count). The Labute approximate surface area is 112 Å². The third-order valence-corrected chi connectivity index (χ3v) is 3.04. The standard InChI is InChI=1S/C13H18N4O2/c1-3-4-15-9-5-10(8-14-7-9)16-11-6-12(18)17(2)13(11)19/h5,7-8,11,15-16H,3-4,6H2,1-2H3. The van der Waals surface area contributed by atoms with Crippen molar-refractivity contribution in [2.45, 2.75) is 25.8 Å². The van der Waals surface area contributed by atoms with E-state index in [0.29, 0.717) is 0 Å². The maximum Gasteiger partial charge on any atom is 0.251 e. The van der Waals surface area contributed by atoms with E-state index in [2.05, 4.69) is 22.5 Å². The Morgan fingerprint density at radius 3 is 2.74 bits per heavy atom. The molecule has 6 nitrogen and oxygen atoms in total. The number of hydrogen-bond donors (Lipinski definition) is 2. The van der Waals surface area contributed by atoms with Crippen molar-refractivity contribution in [3.05, 3.63) is 18.5 Å². The molecule has 0 radical (unpaired) electrons. The van der Waals surface area contributed by atoms with Crippen LogP contribution in [0.3, 0.4) is 0 Å². The van der Waals surface area contributed by atoms with Crippen LogP contribution in [-0.2, 0) is 9.59 Å². The maximum atomic E-state index is 11.8. The largest absolute Gasteiger partial charge is 0.384 e. The molecular formula is C13H18N4O2. The molecule has 0 saturated carbocycles. The first-order chi connectivity index (χ1) is 9.11. The first-order valence-corrected chi connectivity index (χ1v) is 6.37. The SMILES string of the molecule is CCCNc1cncc(NC2CC(=O)N(C)C2=O)c1. The first kappa shape index (κ1) is 13.3. The summed E-state index contributed by atoms with van der Waals surface area (Å²) in [5.41, 5.74) is 1.64. The number of nitrogens with zero attached hydrogens (tertiary/aromatic N) is 2. The fraction of sp³-hybridized carbons (Fsp3) is 0.462. The monoisotopic (exact) mass is 262 g/mol. The highest BCUT2D eigenvalue weighted by Gasteiger charge is 2.35. The van der Waals surface area contributed by atoms with Gasteiger partial charge >= 0.3 is 0 Å². The van der Waals surface area contributed by atoms with E-state index in [4.69, 9.17) is 0 Å². The molecule has 102 valence electrons. The second-order valence-corrected chi connectivity index (χ2v) is 4.58. The highest BCUT2D eigenvalue weighted by molar-refractivity contribution is 6.06. The predicted molar refractivity (Wildman–Crippen MR) is 72.8 cm³/mol. The van der Waals surface area contributed by atoms with Gasteiger partial charge in [-0.25, -0.2) is 0 Å². The van der Waals surface area contributed by atoms with Crippen LogP contribution in [0.4, 0.5) is 11.4 Å². The summed E-state index contributed by atoms with van der Waals surface area (Å²) < 4.78 is 0. The number of rotatable bonds is 5. The van der Waals surface area contributed by atoms with E-state index in [1.807, 2.05) is 6.07 Å². The predicted octanol–water partition coefficient (Wildman–Crippen LogP) is 1.07. The van der Waals surface area contributed by atoms with Crippen LogP contribution in [0.25, 0.3) is 0 Å². The number of hydrogen-bond acceptors (Lipinski definition) is 5. The third kappa shape index (κ3) is 3.01. The molecule has 0 spiro atoms. The smallest absolute Gasteiger partial charge is 0.251 e. The fourth-order valence-electron chi connectivity index (χ4n) is 1.95. The van der Waals surface area contributed by atoms with Gasteiger partial charge in [0.1, 0.15) is 6.04 Å². The third-order valence-electron chi connectivity index (χ3n) is 3.04. The number of likely N-dealkylation sites (tertiary alicyclic amines) is 1. The Balaban J connectivity index is 2.03. The van der Waals surface area contributed by atoms with E-state index in [-0.39, 0.29) is 18.2 Å². The lowest BCUT2D eigenvalue weighted by Crippen LogP contribution is -2.31. The zero-order valence-electron chi connectivity index (χ0n) is 11.1. The van der Waals surface area contributed by atoms with E-state index in [0.717, 1.165) is 29.2 Å². The summed E-state index contributed by atoms with van der Waals surface area (Å²) >= 11 is 0. The van der Waals surface area contributed by atoms with Crippen molar-refractivity contribution in [1.29, 1.82) is 0 Å². The topological polar surface area (TPSA) is 74.3 Å². The minimum atomic E-state index is -0.485. The van der Waals surface area contributed by atoms with Crippen molar-refractivity contribution < 1.29 is 9.59 Å². The Bertz CT molecular complexity index is 489. The number of amides is 2. The van der Waals surface area contributed by atoms with Gasteiger partial charge in [-0.3, -0.25) is 19.5 Å². The number of aromatic nitrogens is 1. The molecular weight excluding hydrogens is 244 g/mol. The fourth-order valence-corrected chi connectivity index (χ4v) is 1.95. The molecule has 1 saturated heterocycles. The summed E-state index contributed by atoms with van der Waals surface area (Å²) in [6.45, 7) is 2.95. The van der Waals surface area contributed by atoms with Gasteiger partial charge in [0.05, 0.1) is 30.2 Å². The number of pyridine rings is 1. The summed E-state index contributed by atoms with van der Waals surface area (Å²) in [6.07, 6.45) is 4.60. The average Bonchev–Trinajstić information content (AvgIpc) is 2.64. The molecule has 1 aliphatic rings. The van der Waals surface area contributed by atoms with Crippen LogP contribution in [0.15, 0.2) is 18.5 Å². The molecule has 1 atom stereocenters. The Kier molecular flexibility index (Phi) is 3.99. The molecule has 0 aromatic carbocycles. The molecule has 2 amide bonds. The summed E-state index contributed by atoms with van der Waals surface area (Å²) in [5.74, 6) is -0.354. The zero-order chi connectivity index (χ0) is 13.8. The van der Waals surface area contributed by atoms with Crippen molar-refractivity contribution >= 4 is 23.2 Å². The Morgan fingerprint density at radius 2 is 2.11 bits per heavy atom. The van der Waals surface area contributed by atoms with Crippen molar-refractivity contribution in [2.24, 2.45) is 0 Å². The summed E-state index contributed by atoms with van der Waals surface area (Å²) in [4.78, 5) is 28.5. The molecule has 1 aromatic rings. The first-order valence-electron chi connectivity index (χ1n) is 6.37. The van der Waals surface area contributed by atoms with E-state index in [1.54, 1.807) is 12.4 Å². The molecule has 19 heavy (non-hydrogen) atoms. The second kappa shape index (κ2) is 5.69. The molecule has 0 bridgehead atoms. The van der Waals surface area contributed by atoms with Crippen LogP contribution in [0.5, 0.6) is 0 Å². The lowest BCUT2D eigenvalue weighted by molar-refractivity contribution is -0.136. The highest BCUT2D eigenvalue weighted by atomic mass is 16.2. The molecule has 6 heteroatoms. The average molecular weight is 262 g/mol. The number of carbonyl (C=O) groups is 2. The normalized spacial score (nSPS) is 18.8. The van der Waals surface area contributed by atoms with Crippen molar-refractivity contribution in [1.82, 2.24) is 9.88 Å². The van der Waals surface area contributed by atoms with Crippen LogP contribution < -0.4 is 10.6 Å². The number of likely N-dealkylation sites (N-methyl/N-ethyl adjacent to an activating group) is 1. The van der Waals surface area contributed by atoms with Crippen LogP contribution in [0, 0.1) is 0 Å². The van der Waals surface area contributed by atoms with Crippen LogP contribution >= 0.6 is 0 Å². The molecule has 1 aliphatic heterocycles. The molecule has 1 unspecified atom stereocenters. The quantitative estimate of drug-likeness (QED) is 0.776. The van der Waals surface area contributed by atoms with Crippen molar-refractivity contribution in [3.8, 4) is 0 Å². The number of anilines is 2. The lowest BCUT2D eigenvalue weighted by Gasteiger charge is -2.13. The summed E-state index contributed by atoms with van der Waals surface area (Å²) in [6, 6.07) is 1.40. The zero-order valence-corrected chi connectivity index (χ0v) is 11.1. The van der Waals surface area contributed by atoms with Gasteiger partial charge in [0.2, 0.25) is 5.91 Å². The van der Waals surface area contributed by atoms with Gasteiger partial charge in [0.25, 0.3) is 5.91 Å². The molecule has 0 aliphatic carbocycles. The maximum absolute atomic E-state index is 11.8. The van der Waals surface area contributed by atoms with Gasteiger partial charge in [-0.1, -0.05) is 6.92 Å². The molecule has 1 aromatic heterocycles. The molecule has 1 fully saturated rings. The van der Waals surface area contributed by atoms with Gasteiger partial charge in [-0.05, 0) is 12.5 Å². The van der Waals surface area contributed by atoms with Gasteiger partial charge in [-0.15, -0.1) is 0 Å². The summed E-state index contributed by atoms with van der Waals surface area (Å²) in [5, 5.41) is 6.28. The Morgan fingerprint density at radius 1 is 1.37 bits per heavy atom. The van der Waals surface area contributed by atoms with Crippen molar-refractivity contribution in [3.63, 3.8) is 0 Å². The Hall–Kier alpha value is -2.11. The van der Waals surface area contributed by atoms with Gasteiger partial charge in [-0.2, -0.15) is 0 Å². The molecule has 2 heterocycles.